The second-order valence-corrected chi connectivity index (χ2v) is 6.65. The van der Waals surface area contributed by atoms with E-state index in [2.05, 4.69) is 0 Å². The van der Waals surface area contributed by atoms with Crippen LogP contribution in [0, 0.1) is 6.92 Å². The van der Waals surface area contributed by atoms with Crippen LogP contribution in [0.2, 0.25) is 0 Å². The molecular formula is C12H18N2O2S2. The molecule has 0 heterocycles. The number of rotatable bonds is 5. The lowest BCUT2D eigenvalue weighted by atomic mass is 10.1. The van der Waals surface area contributed by atoms with Crippen molar-refractivity contribution in [2.24, 2.45) is 5.73 Å². The molecule has 0 amide bonds. The zero-order valence-corrected chi connectivity index (χ0v) is 12.4. The molecule has 2 N–H and O–H groups in total. The third-order valence-corrected chi connectivity index (χ3v) is 4.78. The summed E-state index contributed by atoms with van der Waals surface area (Å²) in [6.07, 6.45) is 0.777. The molecule has 0 bridgehead atoms. The van der Waals surface area contributed by atoms with Crippen molar-refractivity contribution >= 4 is 27.2 Å². The highest BCUT2D eigenvalue weighted by molar-refractivity contribution is 7.89. The van der Waals surface area contributed by atoms with E-state index in [9.17, 15) is 8.42 Å². The number of hydrogen-bond donors (Lipinski definition) is 1. The molecule has 0 spiro atoms. The highest BCUT2D eigenvalue weighted by Gasteiger charge is 2.20. The number of aryl methyl sites for hydroxylation is 1. The topological polar surface area (TPSA) is 63.4 Å². The van der Waals surface area contributed by atoms with E-state index in [1.807, 2.05) is 6.92 Å². The van der Waals surface area contributed by atoms with Crippen molar-refractivity contribution in [2.45, 2.75) is 25.2 Å². The Labute approximate surface area is 114 Å². The quantitative estimate of drug-likeness (QED) is 0.836. The summed E-state index contributed by atoms with van der Waals surface area (Å²) in [5.74, 6) is 0. The summed E-state index contributed by atoms with van der Waals surface area (Å²) in [5.41, 5.74) is 7.03. The molecule has 1 rings (SSSR count). The number of thiocarbonyl (C=S) groups is 1. The zero-order chi connectivity index (χ0) is 13.9. The molecule has 6 heteroatoms. The Kier molecular flexibility index (Phi) is 4.84. The van der Waals surface area contributed by atoms with Crippen LogP contribution in [-0.4, -0.2) is 31.3 Å². The molecule has 0 fully saturated rings. The summed E-state index contributed by atoms with van der Waals surface area (Å²) >= 11 is 4.90. The van der Waals surface area contributed by atoms with Crippen LogP contribution >= 0.6 is 12.2 Å². The minimum Gasteiger partial charge on any atom is -0.389 e. The van der Waals surface area contributed by atoms with Crippen LogP contribution < -0.4 is 5.73 Å². The molecule has 0 atom stereocenters. The van der Waals surface area contributed by atoms with Crippen molar-refractivity contribution in [1.29, 1.82) is 0 Å². The molecule has 0 radical (unpaired) electrons. The predicted octanol–water partition coefficient (Wildman–Crippen LogP) is 1.66. The second kappa shape index (κ2) is 5.77. The minimum absolute atomic E-state index is 0.274. The van der Waals surface area contributed by atoms with E-state index in [1.54, 1.807) is 32.2 Å². The standard InChI is InChI=1S/C12H18N2O2S2/c1-4-7-14(3)18(15,16)10-5-6-11(12(13)17)9(2)8-10/h5-6,8H,4,7H2,1-3H3,(H2,13,17). The average Bonchev–Trinajstić information content (AvgIpc) is 2.28. The normalized spacial score (nSPS) is 11.8. The Bertz CT molecular complexity index is 553. The van der Waals surface area contributed by atoms with Gasteiger partial charge in [0.05, 0.1) is 4.90 Å². The van der Waals surface area contributed by atoms with Crippen LogP contribution in [0.25, 0.3) is 0 Å². The van der Waals surface area contributed by atoms with Gasteiger partial charge in [0, 0.05) is 19.2 Å². The molecule has 0 aliphatic heterocycles. The fourth-order valence-electron chi connectivity index (χ4n) is 1.69. The zero-order valence-electron chi connectivity index (χ0n) is 10.8. The first kappa shape index (κ1) is 15.1. The van der Waals surface area contributed by atoms with Crippen LogP contribution in [0.4, 0.5) is 0 Å². The smallest absolute Gasteiger partial charge is 0.242 e. The molecule has 4 nitrogen and oxygen atoms in total. The summed E-state index contributed by atoms with van der Waals surface area (Å²) in [7, 11) is -1.84. The van der Waals surface area contributed by atoms with Gasteiger partial charge in [-0.15, -0.1) is 0 Å². The number of hydrogen-bond acceptors (Lipinski definition) is 3. The first-order valence-electron chi connectivity index (χ1n) is 5.67. The maximum atomic E-state index is 12.2. The van der Waals surface area contributed by atoms with Crippen LogP contribution in [0.5, 0.6) is 0 Å². The number of nitrogens with two attached hydrogens (primary N) is 1. The summed E-state index contributed by atoms with van der Waals surface area (Å²) in [6, 6.07) is 4.81. The SMILES string of the molecule is CCCN(C)S(=O)(=O)c1ccc(C(N)=S)c(C)c1. The summed E-state index contributed by atoms with van der Waals surface area (Å²) in [6.45, 7) is 4.24. The molecule has 0 saturated heterocycles. The van der Waals surface area contributed by atoms with E-state index >= 15 is 0 Å². The molecule has 0 aliphatic rings. The largest absolute Gasteiger partial charge is 0.389 e. The molecule has 0 aliphatic carbocycles. The molecular weight excluding hydrogens is 268 g/mol. The van der Waals surface area contributed by atoms with Crippen LogP contribution in [-0.2, 0) is 10.0 Å². The number of benzene rings is 1. The third kappa shape index (κ3) is 3.07. The van der Waals surface area contributed by atoms with Crippen molar-refractivity contribution in [2.75, 3.05) is 13.6 Å². The third-order valence-electron chi connectivity index (χ3n) is 2.71. The van der Waals surface area contributed by atoms with Gasteiger partial charge < -0.3 is 5.73 Å². The highest BCUT2D eigenvalue weighted by atomic mass is 32.2. The molecule has 0 saturated carbocycles. The van der Waals surface area contributed by atoms with Crippen molar-refractivity contribution in [3.8, 4) is 0 Å². The average molecular weight is 286 g/mol. The van der Waals surface area contributed by atoms with Gasteiger partial charge in [-0.1, -0.05) is 25.2 Å². The van der Waals surface area contributed by atoms with Gasteiger partial charge in [0.25, 0.3) is 0 Å². The van der Waals surface area contributed by atoms with E-state index in [0.717, 1.165) is 12.0 Å². The van der Waals surface area contributed by atoms with E-state index in [1.165, 1.54) is 4.31 Å². The van der Waals surface area contributed by atoms with E-state index in [4.69, 9.17) is 18.0 Å². The van der Waals surface area contributed by atoms with Crippen LogP contribution in [0.15, 0.2) is 23.1 Å². The lowest BCUT2D eigenvalue weighted by Gasteiger charge is -2.17. The summed E-state index contributed by atoms with van der Waals surface area (Å²) in [5, 5.41) is 0. The van der Waals surface area contributed by atoms with Gasteiger partial charge in [-0.2, -0.15) is 0 Å². The van der Waals surface area contributed by atoms with Gasteiger partial charge >= 0.3 is 0 Å². The monoisotopic (exact) mass is 286 g/mol. The van der Waals surface area contributed by atoms with Gasteiger partial charge in [0.1, 0.15) is 4.99 Å². The molecule has 1 aromatic rings. The second-order valence-electron chi connectivity index (χ2n) is 4.17. The fourth-order valence-corrected chi connectivity index (χ4v) is 3.27. The Balaban J connectivity index is 3.19. The summed E-state index contributed by atoms with van der Waals surface area (Å²) in [4.78, 5) is 0.550. The maximum absolute atomic E-state index is 12.2. The predicted molar refractivity (Wildman–Crippen MR) is 77.2 cm³/mol. The lowest BCUT2D eigenvalue weighted by molar-refractivity contribution is 0.468. The van der Waals surface area contributed by atoms with E-state index in [0.29, 0.717) is 12.1 Å². The molecule has 100 valence electrons. The fraction of sp³-hybridized carbons (Fsp3) is 0.417. The molecule has 0 unspecified atom stereocenters. The Morgan fingerprint density at radius 3 is 2.50 bits per heavy atom. The van der Waals surface area contributed by atoms with Crippen molar-refractivity contribution in [1.82, 2.24) is 4.31 Å². The van der Waals surface area contributed by atoms with Crippen molar-refractivity contribution < 1.29 is 8.42 Å². The Morgan fingerprint density at radius 1 is 1.44 bits per heavy atom. The Hall–Kier alpha value is -0.980. The first-order valence-corrected chi connectivity index (χ1v) is 7.52. The van der Waals surface area contributed by atoms with E-state index < -0.39 is 10.0 Å². The lowest BCUT2D eigenvalue weighted by Crippen LogP contribution is -2.27. The molecule has 18 heavy (non-hydrogen) atoms. The number of nitrogens with zero attached hydrogens (tertiary/aromatic N) is 1. The Morgan fingerprint density at radius 2 is 2.06 bits per heavy atom. The molecule has 1 aromatic carbocycles. The van der Waals surface area contributed by atoms with Gasteiger partial charge in [-0.25, -0.2) is 12.7 Å². The van der Waals surface area contributed by atoms with Crippen LogP contribution in [0.3, 0.4) is 0 Å². The van der Waals surface area contributed by atoms with Gasteiger partial charge in [-0.3, -0.25) is 0 Å². The highest BCUT2D eigenvalue weighted by Crippen LogP contribution is 2.18. The van der Waals surface area contributed by atoms with Gasteiger partial charge in [0.2, 0.25) is 10.0 Å². The molecule has 0 aromatic heterocycles. The van der Waals surface area contributed by atoms with E-state index in [-0.39, 0.29) is 9.88 Å². The first-order chi connectivity index (χ1) is 8.30. The van der Waals surface area contributed by atoms with Crippen molar-refractivity contribution in [3.63, 3.8) is 0 Å². The van der Waals surface area contributed by atoms with Crippen molar-refractivity contribution in [3.05, 3.63) is 29.3 Å². The minimum atomic E-state index is -3.42. The number of sulfonamides is 1. The van der Waals surface area contributed by atoms with Crippen LogP contribution in [0.1, 0.15) is 24.5 Å². The van der Waals surface area contributed by atoms with Gasteiger partial charge in [0.15, 0.2) is 0 Å². The maximum Gasteiger partial charge on any atom is 0.242 e. The van der Waals surface area contributed by atoms with Gasteiger partial charge in [-0.05, 0) is 31.0 Å². The summed E-state index contributed by atoms with van der Waals surface area (Å²) < 4.78 is 25.8.